The lowest BCUT2D eigenvalue weighted by Gasteiger charge is -2.35. The van der Waals surface area contributed by atoms with Gasteiger partial charge >= 0.3 is 0 Å². The van der Waals surface area contributed by atoms with Crippen LogP contribution in [0.15, 0.2) is 36.4 Å². The Morgan fingerprint density at radius 3 is 2.34 bits per heavy atom. The van der Waals surface area contributed by atoms with Crippen LogP contribution >= 0.6 is 0 Å². The Labute approximate surface area is 171 Å². The quantitative estimate of drug-likeness (QED) is 0.594. The summed E-state index contributed by atoms with van der Waals surface area (Å²) in [5, 5.41) is 8.33. The molecule has 0 atom stereocenters. The van der Waals surface area contributed by atoms with Gasteiger partial charge in [0.15, 0.2) is 5.82 Å². The standard InChI is InChI=1S/C21H28N4O4/c1-27-15-16-29-20-9-8-19(22-23-20)24-11-13-25(14-12-24)21(26)10-5-17-3-6-18(28-2)7-4-17/h3-4,6-9H,5,10-16H2,1-2H3. The van der Waals surface area contributed by atoms with Gasteiger partial charge in [0.2, 0.25) is 11.8 Å². The van der Waals surface area contributed by atoms with Gasteiger partial charge in [0, 0.05) is 45.8 Å². The van der Waals surface area contributed by atoms with E-state index >= 15 is 0 Å². The van der Waals surface area contributed by atoms with Gasteiger partial charge in [0.25, 0.3) is 0 Å². The third kappa shape index (κ3) is 6.05. The first-order valence-corrected chi connectivity index (χ1v) is 9.80. The number of anilines is 1. The fourth-order valence-corrected chi connectivity index (χ4v) is 3.17. The van der Waals surface area contributed by atoms with Crippen molar-refractivity contribution >= 4 is 11.7 Å². The Hall–Kier alpha value is -2.87. The highest BCUT2D eigenvalue weighted by atomic mass is 16.5. The number of carbonyl (C=O) groups is 1. The number of aryl methyl sites for hydroxylation is 1. The Bertz CT molecular complexity index is 759. The van der Waals surface area contributed by atoms with Crippen LogP contribution in [-0.4, -0.2) is 74.6 Å². The normalized spacial score (nSPS) is 14.0. The predicted molar refractivity (Wildman–Crippen MR) is 110 cm³/mol. The van der Waals surface area contributed by atoms with Crippen LogP contribution in [0.25, 0.3) is 0 Å². The average Bonchev–Trinajstić information content (AvgIpc) is 2.78. The summed E-state index contributed by atoms with van der Waals surface area (Å²) in [5.74, 6) is 2.30. The summed E-state index contributed by atoms with van der Waals surface area (Å²) < 4.78 is 15.5. The van der Waals surface area contributed by atoms with Gasteiger partial charge in [-0.25, -0.2) is 0 Å². The first kappa shape index (κ1) is 20.9. The van der Waals surface area contributed by atoms with Crippen LogP contribution in [0.2, 0.25) is 0 Å². The third-order valence-electron chi connectivity index (χ3n) is 4.91. The molecule has 1 aromatic heterocycles. The average molecular weight is 400 g/mol. The molecule has 2 aromatic rings. The molecule has 0 unspecified atom stereocenters. The van der Waals surface area contributed by atoms with E-state index in [-0.39, 0.29) is 5.91 Å². The first-order valence-electron chi connectivity index (χ1n) is 9.80. The van der Waals surface area contributed by atoms with Gasteiger partial charge < -0.3 is 24.0 Å². The maximum atomic E-state index is 12.5. The van der Waals surface area contributed by atoms with Crippen molar-refractivity contribution in [2.75, 3.05) is 58.5 Å². The molecule has 0 bridgehead atoms. The molecule has 0 spiro atoms. The molecule has 1 aliphatic rings. The van der Waals surface area contributed by atoms with Gasteiger partial charge in [0.1, 0.15) is 12.4 Å². The number of piperazine rings is 1. The summed E-state index contributed by atoms with van der Waals surface area (Å²) in [6, 6.07) is 11.6. The zero-order valence-corrected chi connectivity index (χ0v) is 17.0. The molecule has 2 heterocycles. The van der Waals surface area contributed by atoms with Crippen LogP contribution in [-0.2, 0) is 16.0 Å². The summed E-state index contributed by atoms with van der Waals surface area (Å²) in [7, 11) is 3.27. The highest BCUT2D eigenvalue weighted by molar-refractivity contribution is 5.76. The van der Waals surface area contributed by atoms with Crippen LogP contribution in [0, 0.1) is 0 Å². The fraction of sp³-hybridized carbons (Fsp3) is 0.476. The van der Waals surface area contributed by atoms with Gasteiger partial charge in [-0.3, -0.25) is 4.79 Å². The second kappa shape index (κ2) is 10.6. The van der Waals surface area contributed by atoms with Gasteiger partial charge in [-0.15, -0.1) is 10.2 Å². The van der Waals surface area contributed by atoms with Gasteiger partial charge in [0.05, 0.1) is 13.7 Å². The van der Waals surface area contributed by atoms with E-state index in [4.69, 9.17) is 14.2 Å². The molecule has 156 valence electrons. The van der Waals surface area contributed by atoms with Crippen molar-refractivity contribution in [1.29, 1.82) is 0 Å². The van der Waals surface area contributed by atoms with E-state index in [9.17, 15) is 4.79 Å². The van der Waals surface area contributed by atoms with E-state index in [0.29, 0.717) is 38.6 Å². The van der Waals surface area contributed by atoms with Gasteiger partial charge in [-0.1, -0.05) is 12.1 Å². The zero-order chi connectivity index (χ0) is 20.5. The molecule has 1 fully saturated rings. The van der Waals surface area contributed by atoms with Crippen molar-refractivity contribution in [3.63, 3.8) is 0 Å². The maximum Gasteiger partial charge on any atom is 0.233 e. The monoisotopic (exact) mass is 400 g/mol. The van der Waals surface area contributed by atoms with Crippen molar-refractivity contribution in [3.8, 4) is 11.6 Å². The van der Waals surface area contributed by atoms with Crippen molar-refractivity contribution < 1.29 is 19.0 Å². The number of rotatable bonds is 9. The summed E-state index contributed by atoms with van der Waals surface area (Å²) in [5.41, 5.74) is 1.14. The maximum absolute atomic E-state index is 12.5. The summed E-state index contributed by atoms with van der Waals surface area (Å²) >= 11 is 0. The molecule has 1 aromatic carbocycles. The molecule has 0 radical (unpaired) electrons. The molecule has 0 saturated carbocycles. The van der Waals surface area contributed by atoms with Crippen molar-refractivity contribution in [3.05, 3.63) is 42.0 Å². The minimum absolute atomic E-state index is 0.188. The number of carbonyl (C=O) groups excluding carboxylic acids is 1. The van der Waals surface area contributed by atoms with E-state index in [1.54, 1.807) is 14.2 Å². The summed E-state index contributed by atoms with van der Waals surface area (Å²) in [6.07, 6.45) is 1.25. The third-order valence-corrected chi connectivity index (χ3v) is 4.91. The summed E-state index contributed by atoms with van der Waals surface area (Å²) in [6.45, 7) is 3.82. The van der Waals surface area contributed by atoms with Crippen LogP contribution in [0.1, 0.15) is 12.0 Å². The lowest BCUT2D eigenvalue weighted by molar-refractivity contribution is -0.131. The molecule has 1 aliphatic heterocycles. The molecular weight excluding hydrogens is 372 g/mol. The lowest BCUT2D eigenvalue weighted by Crippen LogP contribution is -2.49. The number of methoxy groups -OCH3 is 2. The summed E-state index contributed by atoms with van der Waals surface area (Å²) in [4.78, 5) is 16.6. The Kier molecular flexibility index (Phi) is 7.63. The molecule has 8 heteroatoms. The Morgan fingerprint density at radius 1 is 0.966 bits per heavy atom. The molecule has 1 amide bonds. The Balaban J connectivity index is 1.42. The first-order chi connectivity index (χ1) is 14.2. The second-order valence-electron chi connectivity index (χ2n) is 6.79. The highest BCUT2D eigenvalue weighted by Crippen LogP contribution is 2.17. The van der Waals surface area contributed by atoms with E-state index in [1.165, 1.54) is 0 Å². The van der Waals surface area contributed by atoms with Crippen molar-refractivity contribution in [2.24, 2.45) is 0 Å². The molecule has 29 heavy (non-hydrogen) atoms. The molecule has 0 N–H and O–H groups in total. The molecule has 1 saturated heterocycles. The number of hydrogen-bond acceptors (Lipinski definition) is 7. The van der Waals surface area contributed by atoms with Gasteiger partial charge in [-0.05, 0) is 30.2 Å². The van der Waals surface area contributed by atoms with Crippen LogP contribution in [0.4, 0.5) is 5.82 Å². The van der Waals surface area contributed by atoms with Crippen molar-refractivity contribution in [1.82, 2.24) is 15.1 Å². The number of hydrogen-bond donors (Lipinski definition) is 0. The van der Waals surface area contributed by atoms with Crippen LogP contribution in [0.5, 0.6) is 11.6 Å². The predicted octanol–water partition coefficient (Wildman–Crippen LogP) is 1.79. The topological polar surface area (TPSA) is 77.0 Å². The molecule has 3 rings (SSSR count). The number of amides is 1. The molecular formula is C21H28N4O4. The Morgan fingerprint density at radius 2 is 1.72 bits per heavy atom. The zero-order valence-electron chi connectivity index (χ0n) is 17.0. The number of benzene rings is 1. The van der Waals surface area contributed by atoms with E-state index in [1.807, 2.05) is 41.3 Å². The smallest absolute Gasteiger partial charge is 0.233 e. The van der Waals surface area contributed by atoms with Crippen molar-refractivity contribution in [2.45, 2.75) is 12.8 Å². The number of aromatic nitrogens is 2. The largest absolute Gasteiger partial charge is 0.497 e. The highest BCUT2D eigenvalue weighted by Gasteiger charge is 2.22. The molecule has 8 nitrogen and oxygen atoms in total. The van der Waals surface area contributed by atoms with Crippen LogP contribution < -0.4 is 14.4 Å². The van der Waals surface area contributed by atoms with E-state index < -0.39 is 0 Å². The molecule has 0 aliphatic carbocycles. The van der Waals surface area contributed by atoms with Crippen LogP contribution in [0.3, 0.4) is 0 Å². The number of nitrogens with zero attached hydrogens (tertiary/aromatic N) is 4. The van der Waals surface area contributed by atoms with E-state index in [2.05, 4.69) is 15.1 Å². The second-order valence-corrected chi connectivity index (χ2v) is 6.79. The fourth-order valence-electron chi connectivity index (χ4n) is 3.17. The SMILES string of the molecule is COCCOc1ccc(N2CCN(C(=O)CCc3ccc(OC)cc3)CC2)nn1. The van der Waals surface area contributed by atoms with E-state index in [0.717, 1.165) is 36.6 Å². The van der Waals surface area contributed by atoms with Gasteiger partial charge in [-0.2, -0.15) is 0 Å². The lowest BCUT2D eigenvalue weighted by atomic mass is 10.1. The number of ether oxygens (including phenoxy) is 3. The minimum Gasteiger partial charge on any atom is -0.497 e. The minimum atomic E-state index is 0.188.